The Morgan fingerprint density at radius 3 is 2.05 bits per heavy atom. The summed E-state index contributed by atoms with van der Waals surface area (Å²) in [6.07, 6.45) is 3.66. The summed E-state index contributed by atoms with van der Waals surface area (Å²) in [5.41, 5.74) is 2.51. The number of nitrogens with one attached hydrogen (secondary N) is 1. The van der Waals surface area contributed by atoms with E-state index in [9.17, 15) is 0 Å². The predicted octanol–water partition coefficient (Wildman–Crippen LogP) is 3.89. The molecule has 2 rings (SSSR count). The lowest BCUT2D eigenvalue weighted by molar-refractivity contribution is 0.340. The van der Waals surface area contributed by atoms with Crippen molar-refractivity contribution in [1.29, 1.82) is 0 Å². The molecule has 3 heteroatoms. The second-order valence-corrected chi connectivity index (χ2v) is 4.89. The number of nitrogens with zero attached hydrogens (tertiary/aromatic N) is 1. The van der Waals surface area contributed by atoms with Crippen LogP contribution >= 0.6 is 0 Å². The Morgan fingerprint density at radius 1 is 0.950 bits per heavy atom. The van der Waals surface area contributed by atoms with Gasteiger partial charge in [0.15, 0.2) is 0 Å². The Bertz CT molecular complexity index is 510. The number of hydrogen-bond acceptors (Lipinski definition) is 3. The van der Waals surface area contributed by atoms with Crippen molar-refractivity contribution in [2.24, 2.45) is 0 Å². The van der Waals surface area contributed by atoms with Gasteiger partial charge in [0.2, 0.25) is 0 Å². The van der Waals surface area contributed by atoms with Crippen LogP contribution < -0.4 is 10.1 Å². The lowest BCUT2D eigenvalue weighted by Crippen LogP contribution is -2.22. The molecule has 0 saturated carbocycles. The monoisotopic (exact) mass is 270 g/mol. The van der Waals surface area contributed by atoms with Crippen LogP contribution in [0.5, 0.6) is 5.75 Å². The van der Waals surface area contributed by atoms with Crippen LogP contribution in [0.2, 0.25) is 0 Å². The highest BCUT2D eigenvalue weighted by molar-refractivity contribution is 5.29. The summed E-state index contributed by atoms with van der Waals surface area (Å²) in [7, 11) is 0. The molecule has 0 aliphatic carbocycles. The van der Waals surface area contributed by atoms with Crippen molar-refractivity contribution >= 4 is 0 Å². The van der Waals surface area contributed by atoms with E-state index in [1.54, 1.807) is 0 Å². The van der Waals surface area contributed by atoms with Crippen molar-refractivity contribution in [1.82, 2.24) is 10.3 Å². The first-order valence-electron chi connectivity index (χ1n) is 7.09. The SMILES string of the molecule is CCOc1ccc(C(C)NC(C)c2ccncc2)cc1. The van der Waals surface area contributed by atoms with Gasteiger partial charge in [0.1, 0.15) is 5.75 Å². The van der Waals surface area contributed by atoms with Gasteiger partial charge in [-0.05, 0) is 56.2 Å². The molecule has 3 nitrogen and oxygen atoms in total. The van der Waals surface area contributed by atoms with Crippen LogP contribution in [0, 0.1) is 0 Å². The summed E-state index contributed by atoms with van der Waals surface area (Å²) in [5.74, 6) is 0.922. The van der Waals surface area contributed by atoms with Crippen molar-refractivity contribution in [3.05, 3.63) is 59.9 Å². The van der Waals surface area contributed by atoms with E-state index in [4.69, 9.17) is 4.74 Å². The molecule has 0 amide bonds. The summed E-state index contributed by atoms with van der Waals surface area (Å²) in [6.45, 7) is 7.04. The highest BCUT2D eigenvalue weighted by Gasteiger charge is 2.11. The molecule has 0 aliphatic rings. The first-order chi connectivity index (χ1) is 9.70. The number of pyridine rings is 1. The molecule has 2 atom stereocenters. The van der Waals surface area contributed by atoms with Gasteiger partial charge in [-0.25, -0.2) is 0 Å². The van der Waals surface area contributed by atoms with Gasteiger partial charge in [-0.1, -0.05) is 12.1 Å². The summed E-state index contributed by atoms with van der Waals surface area (Å²) in [4.78, 5) is 4.05. The Balaban J connectivity index is 1.99. The molecule has 1 aromatic carbocycles. The molecule has 0 saturated heterocycles. The van der Waals surface area contributed by atoms with Crippen LogP contribution in [0.25, 0.3) is 0 Å². The van der Waals surface area contributed by atoms with E-state index >= 15 is 0 Å². The Labute approximate surface area is 121 Å². The Morgan fingerprint density at radius 2 is 1.50 bits per heavy atom. The average molecular weight is 270 g/mol. The van der Waals surface area contributed by atoms with Crippen LogP contribution in [0.3, 0.4) is 0 Å². The fourth-order valence-corrected chi connectivity index (χ4v) is 2.24. The van der Waals surface area contributed by atoms with Crippen molar-refractivity contribution < 1.29 is 4.74 Å². The quantitative estimate of drug-likeness (QED) is 0.864. The van der Waals surface area contributed by atoms with E-state index in [2.05, 4.69) is 36.3 Å². The lowest BCUT2D eigenvalue weighted by atomic mass is 10.0. The van der Waals surface area contributed by atoms with E-state index < -0.39 is 0 Å². The molecule has 0 bridgehead atoms. The van der Waals surface area contributed by atoms with E-state index in [1.807, 2.05) is 43.6 Å². The highest BCUT2D eigenvalue weighted by Crippen LogP contribution is 2.21. The minimum absolute atomic E-state index is 0.286. The zero-order valence-corrected chi connectivity index (χ0v) is 12.3. The predicted molar refractivity (Wildman–Crippen MR) is 81.8 cm³/mol. The van der Waals surface area contributed by atoms with E-state index in [0.717, 1.165) is 5.75 Å². The molecule has 106 valence electrons. The third-order valence-corrected chi connectivity index (χ3v) is 3.40. The molecule has 0 fully saturated rings. The topological polar surface area (TPSA) is 34.1 Å². The first kappa shape index (κ1) is 14.5. The number of rotatable bonds is 6. The lowest BCUT2D eigenvalue weighted by Gasteiger charge is -2.21. The zero-order valence-electron chi connectivity index (χ0n) is 12.3. The van der Waals surface area contributed by atoms with Crippen molar-refractivity contribution in [3.8, 4) is 5.75 Å². The number of aromatic nitrogens is 1. The fraction of sp³-hybridized carbons (Fsp3) is 0.353. The number of hydrogen-bond donors (Lipinski definition) is 1. The summed E-state index contributed by atoms with van der Waals surface area (Å²) in [6, 6.07) is 12.9. The first-order valence-corrected chi connectivity index (χ1v) is 7.09. The average Bonchev–Trinajstić information content (AvgIpc) is 2.49. The van der Waals surface area contributed by atoms with Crippen molar-refractivity contribution in [3.63, 3.8) is 0 Å². The summed E-state index contributed by atoms with van der Waals surface area (Å²) < 4.78 is 5.46. The Hall–Kier alpha value is -1.87. The van der Waals surface area contributed by atoms with Crippen molar-refractivity contribution in [2.45, 2.75) is 32.9 Å². The third kappa shape index (κ3) is 3.81. The fourth-order valence-electron chi connectivity index (χ4n) is 2.24. The maximum atomic E-state index is 5.46. The van der Waals surface area contributed by atoms with Gasteiger partial charge in [-0.2, -0.15) is 0 Å². The second kappa shape index (κ2) is 7.06. The van der Waals surface area contributed by atoms with E-state index in [-0.39, 0.29) is 6.04 Å². The minimum Gasteiger partial charge on any atom is -0.494 e. The third-order valence-electron chi connectivity index (χ3n) is 3.40. The van der Waals surface area contributed by atoms with Crippen LogP contribution in [0.1, 0.15) is 44.0 Å². The van der Waals surface area contributed by atoms with E-state index in [1.165, 1.54) is 11.1 Å². The molecule has 1 N–H and O–H groups in total. The van der Waals surface area contributed by atoms with Crippen LogP contribution in [-0.4, -0.2) is 11.6 Å². The minimum atomic E-state index is 0.286. The number of ether oxygens (including phenoxy) is 1. The molecular weight excluding hydrogens is 248 g/mol. The maximum absolute atomic E-state index is 5.46. The van der Waals surface area contributed by atoms with Gasteiger partial charge >= 0.3 is 0 Å². The van der Waals surface area contributed by atoms with Crippen LogP contribution in [0.15, 0.2) is 48.8 Å². The number of benzene rings is 1. The molecule has 1 aromatic heterocycles. The smallest absolute Gasteiger partial charge is 0.119 e. The van der Waals surface area contributed by atoms with Crippen molar-refractivity contribution in [2.75, 3.05) is 6.61 Å². The summed E-state index contributed by atoms with van der Waals surface area (Å²) in [5, 5.41) is 3.60. The van der Waals surface area contributed by atoms with Gasteiger partial charge in [0.25, 0.3) is 0 Å². The van der Waals surface area contributed by atoms with Crippen LogP contribution in [-0.2, 0) is 0 Å². The summed E-state index contributed by atoms with van der Waals surface area (Å²) >= 11 is 0. The Kier molecular flexibility index (Phi) is 5.13. The molecule has 1 heterocycles. The maximum Gasteiger partial charge on any atom is 0.119 e. The van der Waals surface area contributed by atoms with E-state index in [0.29, 0.717) is 12.6 Å². The molecule has 2 unspecified atom stereocenters. The van der Waals surface area contributed by atoms with Gasteiger partial charge in [0, 0.05) is 24.5 Å². The standard InChI is InChI=1S/C17H22N2O/c1-4-20-17-7-5-15(6-8-17)13(2)19-14(3)16-9-11-18-12-10-16/h5-14,19H,4H2,1-3H3. The van der Waals surface area contributed by atoms with Gasteiger partial charge in [-0.15, -0.1) is 0 Å². The highest BCUT2D eigenvalue weighted by atomic mass is 16.5. The molecule has 0 aliphatic heterocycles. The van der Waals surface area contributed by atoms with Gasteiger partial charge in [-0.3, -0.25) is 4.98 Å². The molecular formula is C17H22N2O. The van der Waals surface area contributed by atoms with Crippen LogP contribution in [0.4, 0.5) is 0 Å². The van der Waals surface area contributed by atoms with Gasteiger partial charge < -0.3 is 10.1 Å². The normalized spacial score (nSPS) is 13.8. The second-order valence-electron chi connectivity index (χ2n) is 4.89. The van der Waals surface area contributed by atoms with Gasteiger partial charge in [0.05, 0.1) is 6.61 Å². The molecule has 20 heavy (non-hydrogen) atoms. The largest absolute Gasteiger partial charge is 0.494 e. The molecule has 0 radical (unpaired) electrons. The zero-order chi connectivity index (χ0) is 14.4. The molecule has 2 aromatic rings. The molecule has 0 spiro atoms.